The van der Waals surface area contributed by atoms with Gasteiger partial charge >= 0.3 is 6.18 Å². The predicted octanol–water partition coefficient (Wildman–Crippen LogP) is 4.45. The summed E-state index contributed by atoms with van der Waals surface area (Å²) < 4.78 is 42.4. The number of benzene rings is 2. The molecular weight excluding hydrogens is 279 g/mol. The Kier molecular flexibility index (Phi) is 4.73. The SMILES string of the molecule is CNC(C)c1ccc2ccccc2c1OCCC(F)(F)F. The molecule has 2 aromatic carbocycles. The summed E-state index contributed by atoms with van der Waals surface area (Å²) in [6, 6.07) is 11.4. The van der Waals surface area contributed by atoms with Crippen molar-refractivity contribution in [3.63, 3.8) is 0 Å². The van der Waals surface area contributed by atoms with Crippen molar-refractivity contribution in [1.82, 2.24) is 5.32 Å². The molecule has 5 heteroatoms. The van der Waals surface area contributed by atoms with E-state index in [2.05, 4.69) is 5.32 Å². The van der Waals surface area contributed by atoms with Crippen LogP contribution in [0.25, 0.3) is 10.8 Å². The van der Waals surface area contributed by atoms with Gasteiger partial charge in [0, 0.05) is 17.0 Å². The number of hydrogen-bond acceptors (Lipinski definition) is 2. The molecule has 1 atom stereocenters. The van der Waals surface area contributed by atoms with E-state index < -0.39 is 12.6 Å². The molecule has 0 amide bonds. The van der Waals surface area contributed by atoms with Gasteiger partial charge in [0.15, 0.2) is 0 Å². The lowest BCUT2D eigenvalue weighted by molar-refractivity contribution is -0.139. The van der Waals surface area contributed by atoms with E-state index in [0.717, 1.165) is 16.3 Å². The summed E-state index contributed by atoms with van der Waals surface area (Å²) in [6.07, 6.45) is -5.16. The van der Waals surface area contributed by atoms with Gasteiger partial charge in [-0.2, -0.15) is 13.2 Å². The molecule has 2 aromatic rings. The Morgan fingerprint density at radius 3 is 2.52 bits per heavy atom. The lowest BCUT2D eigenvalue weighted by Crippen LogP contribution is -2.16. The Hall–Kier alpha value is -1.75. The van der Waals surface area contributed by atoms with Crippen molar-refractivity contribution < 1.29 is 17.9 Å². The van der Waals surface area contributed by atoms with Crippen LogP contribution in [0.3, 0.4) is 0 Å². The largest absolute Gasteiger partial charge is 0.492 e. The van der Waals surface area contributed by atoms with E-state index in [1.807, 2.05) is 43.3 Å². The lowest BCUT2D eigenvalue weighted by atomic mass is 10.0. The fourth-order valence-corrected chi connectivity index (χ4v) is 2.19. The molecule has 0 saturated carbocycles. The van der Waals surface area contributed by atoms with Crippen molar-refractivity contribution in [3.05, 3.63) is 42.0 Å². The molecule has 0 fully saturated rings. The van der Waals surface area contributed by atoms with Gasteiger partial charge in [0.25, 0.3) is 0 Å². The fourth-order valence-electron chi connectivity index (χ4n) is 2.19. The van der Waals surface area contributed by atoms with E-state index in [4.69, 9.17) is 4.74 Å². The van der Waals surface area contributed by atoms with E-state index in [-0.39, 0.29) is 12.6 Å². The van der Waals surface area contributed by atoms with Crippen LogP contribution in [0.2, 0.25) is 0 Å². The number of ether oxygens (including phenoxy) is 1. The highest BCUT2D eigenvalue weighted by Crippen LogP contribution is 2.34. The van der Waals surface area contributed by atoms with Crippen molar-refractivity contribution >= 4 is 10.8 Å². The molecule has 2 nitrogen and oxygen atoms in total. The van der Waals surface area contributed by atoms with Crippen molar-refractivity contribution in [2.24, 2.45) is 0 Å². The molecule has 1 N–H and O–H groups in total. The average molecular weight is 297 g/mol. The van der Waals surface area contributed by atoms with Gasteiger partial charge in [-0.05, 0) is 19.4 Å². The Labute approximate surface area is 121 Å². The van der Waals surface area contributed by atoms with Crippen LogP contribution in [0.15, 0.2) is 36.4 Å². The second-order valence-corrected chi connectivity index (χ2v) is 4.93. The minimum Gasteiger partial charge on any atom is -0.492 e. The van der Waals surface area contributed by atoms with Gasteiger partial charge < -0.3 is 10.1 Å². The van der Waals surface area contributed by atoms with E-state index in [1.165, 1.54) is 0 Å². The summed E-state index contributed by atoms with van der Waals surface area (Å²) in [6.45, 7) is 1.57. The molecule has 2 rings (SSSR count). The number of hydrogen-bond donors (Lipinski definition) is 1. The molecule has 114 valence electrons. The van der Waals surface area contributed by atoms with Gasteiger partial charge in [-0.25, -0.2) is 0 Å². The standard InChI is InChI=1S/C16H18F3NO/c1-11(20-2)13-8-7-12-5-3-4-6-14(12)15(13)21-10-9-16(17,18)19/h3-8,11,20H,9-10H2,1-2H3. The topological polar surface area (TPSA) is 21.3 Å². The minimum atomic E-state index is -4.21. The molecule has 0 bridgehead atoms. The second kappa shape index (κ2) is 6.35. The molecule has 21 heavy (non-hydrogen) atoms. The number of rotatable bonds is 5. The van der Waals surface area contributed by atoms with Crippen molar-refractivity contribution in [2.45, 2.75) is 25.6 Å². The average Bonchev–Trinajstić information content (AvgIpc) is 2.45. The third kappa shape index (κ3) is 3.88. The van der Waals surface area contributed by atoms with Gasteiger partial charge in [-0.1, -0.05) is 36.4 Å². The first-order valence-electron chi connectivity index (χ1n) is 6.81. The van der Waals surface area contributed by atoms with Gasteiger partial charge in [-0.3, -0.25) is 0 Å². The molecule has 0 aliphatic heterocycles. The van der Waals surface area contributed by atoms with Crippen LogP contribution in [-0.4, -0.2) is 19.8 Å². The Balaban J connectivity index is 2.36. The summed E-state index contributed by atoms with van der Waals surface area (Å²) in [7, 11) is 1.80. The first kappa shape index (κ1) is 15.6. The maximum absolute atomic E-state index is 12.3. The highest BCUT2D eigenvalue weighted by atomic mass is 19.4. The van der Waals surface area contributed by atoms with Gasteiger partial charge in [0.1, 0.15) is 5.75 Å². The molecule has 0 heterocycles. The zero-order valence-electron chi connectivity index (χ0n) is 12.0. The minimum absolute atomic E-state index is 0.00417. The summed E-state index contributed by atoms with van der Waals surface area (Å²) in [5, 5.41) is 4.87. The smallest absolute Gasteiger partial charge is 0.392 e. The molecule has 0 saturated heterocycles. The molecule has 0 aromatic heterocycles. The second-order valence-electron chi connectivity index (χ2n) is 4.93. The van der Waals surface area contributed by atoms with Crippen molar-refractivity contribution in [1.29, 1.82) is 0 Å². The number of alkyl halides is 3. The lowest BCUT2D eigenvalue weighted by Gasteiger charge is -2.19. The quantitative estimate of drug-likeness (QED) is 0.880. The Morgan fingerprint density at radius 1 is 1.14 bits per heavy atom. The maximum atomic E-state index is 12.3. The van der Waals surface area contributed by atoms with Gasteiger partial charge in [-0.15, -0.1) is 0 Å². The molecule has 1 unspecified atom stereocenters. The Morgan fingerprint density at radius 2 is 1.86 bits per heavy atom. The molecule has 0 spiro atoms. The fraction of sp³-hybridized carbons (Fsp3) is 0.375. The highest BCUT2D eigenvalue weighted by Gasteiger charge is 2.27. The third-order valence-corrected chi connectivity index (χ3v) is 3.44. The predicted molar refractivity (Wildman–Crippen MR) is 77.6 cm³/mol. The zero-order chi connectivity index (χ0) is 15.5. The summed E-state index contributed by atoms with van der Waals surface area (Å²) in [5.41, 5.74) is 0.860. The molecule has 0 radical (unpaired) electrons. The van der Waals surface area contributed by atoms with Crippen molar-refractivity contribution in [2.75, 3.05) is 13.7 Å². The van der Waals surface area contributed by atoms with E-state index in [0.29, 0.717) is 5.75 Å². The number of nitrogens with one attached hydrogen (secondary N) is 1. The van der Waals surface area contributed by atoms with E-state index >= 15 is 0 Å². The molecule has 0 aliphatic carbocycles. The third-order valence-electron chi connectivity index (χ3n) is 3.44. The van der Waals surface area contributed by atoms with Crippen LogP contribution in [-0.2, 0) is 0 Å². The normalized spacial score (nSPS) is 13.4. The summed E-state index contributed by atoms with van der Waals surface area (Å²) in [5.74, 6) is 0.527. The van der Waals surface area contributed by atoms with Crippen LogP contribution in [0.5, 0.6) is 5.75 Å². The van der Waals surface area contributed by atoms with Crippen LogP contribution in [0.1, 0.15) is 24.9 Å². The number of fused-ring (bicyclic) bond motifs is 1. The van der Waals surface area contributed by atoms with Crippen molar-refractivity contribution in [3.8, 4) is 5.75 Å². The monoisotopic (exact) mass is 297 g/mol. The zero-order valence-corrected chi connectivity index (χ0v) is 12.0. The van der Waals surface area contributed by atoms with Gasteiger partial charge in [0.2, 0.25) is 0 Å². The molecular formula is C16H18F3NO. The van der Waals surface area contributed by atoms with Crippen LogP contribution >= 0.6 is 0 Å². The number of halogens is 3. The molecule has 0 aliphatic rings. The van der Waals surface area contributed by atoms with Crippen LogP contribution in [0, 0.1) is 0 Å². The Bertz CT molecular complexity index is 610. The van der Waals surface area contributed by atoms with Crippen LogP contribution in [0.4, 0.5) is 13.2 Å². The first-order chi connectivity index (χ1) is 9.92. The van der Waals surface area contributed by atoms with Crippen LogP contribution < -0.4 is 10.1 Å². The summed E-state index contributed by atoms with van der Waals surface area (Å²) >= 11 is 0. The van der Waals surface area contributed by atoms with E-state index in [1.54, 1.807) is 7.05 Å². The maximum Gasteiger partial charge on any atom is 0.392 e. The van der Waals surface area contributed by atoms with E-state index in [9.17, 15) is 13.2 Å². The highest BCUT2D eigenvalue weighted by molar-refractivity contribution is 5.89. The van der Waals surface area contributed by atoms with Gasteiger partial charge in [0.05, 0.1) is 13.0 Å². The summed E-state index contributed by atoms with van der Waals surface area (Å²) in [4.78, 5) is 0. The first-order valence-corrected chi connectivity index (χ1v) is 6.81.